The molecule has 4 amide bonds. The molecule has 284 valence electrons. The molecule has 0 aliphatic carbocycles. The number of rotatable bonds is 10. The summed E-state index contributed by atoms with van der Waals surface area (Å²) in [6.07, 6.45) is -0.487. The van der Waals surface area contributed by atoms with Crippen molar-refractivity contribution >= 4 is 29.8 Å². The zero-order valence-corrected chi connectivity index (χ0v) is 32.0. The number of carbonyl (C=O) groups is 5. The summed E-state index contributed by atoms with van der Waals surface area (Å²) in [6, 6.07) is 16.0. The topological polar surface area (TPSA) is 137 Å². The summed E-state index contributed by atoms with van der Waals surface area (Å²) in [7, 11) is 1.45. The molecule has 4 atom stereocenters. The minimum atomic E-state index is -1.09. The summed E-state index contributed by atoms with van der Waals surface area (Å²) in [4.78, 5) is 72.1. The van der Waals surface area contributed by atoms with Crippen molar-refractivity contribution in [3.63, 3.8) is 0 Å². The molecule has 1 aliphatic rings. The number of benzene rings is 3. The molecule has 1 aliphatic heterocycles. The van der Waals surface area contributed by atoms with Crippen molar-refractivity contribution < 1.29 is 38.2 Å². The zero-order valence-electron chi connectivity index (χ0n) is 32.0. The molecular weight excluding hydrogens is 679 g/mol. The molecule has 2 N–H and O–H groups in total. The van der Waals surface area contributed by atoms with Crippen molar-refractivity contribution in [2.24, 2.45) is 5.41 Å². The smallest absolute Gasteiger partial charge is 0.410 e. The number of fused-ring (bicyclic) bond motifs is 1. The predicted molar refractivity (Wildman–Crippen MR) is 198 cm³/mol. The molecule has 0 bridgehead atoms. The van der Waals surface area contributed by atoms with Crippen LogP contribution in [0.5, 0.6) is 0 Å². The molecule has 0 spiro atoms. The first kappa shape index (κ1) is 40.5. The van der Waals surface area contributed by atoms with Crippen molar-refractivity contribution in [1.29, 1.82) is 0 Å². The van der Waals surface area contributed by atoms with E-state index >= 15 is 0 Å². The Balaban J connectivity index is 1.72. The average Bonchev–Trinajstić information content (AvgIpc) is 3.10. The van der Waals surface area contributed by atoms with Crippen LogP contribution in [-0.4, -0.2) is 80.4 Å². The van der Waals surface area contributed by atoms with Gasteiger partial charge < -0.3 is 25.0 Å². The highest BCUT2D eigenvalue weighted by Gasteiger charge is 2.44. The molecule has 0 radical (unpaired) electrons. The molecule has 0 saturated carbocycles. The maximum absolute atomic E-state index is 15.0. The molecule has 12 heteroatoms. The van der Waals surface area contributed by atoms with Crippen molar-refractivity contribution in [2.75, 3.05) is 7.05 Å². The Morgan fingerprint density at radius 2 is 1.49 bits per heavy atom. The highest BCUT2D eigenvalue weighted by atomic mass is 19.1. The molecule has 0 fully saturated rings. The predicted octanol–water partition coefficient (Wildman–Crippen LogP) is 6.35. The zero-order chi connectivity index (χ0) is 39.4. The molecule has 4 rings (SSSR count). The second-order valence-corrected chi connectivity index (χ2v) is 15.7. The van der Waals surface area contributed by atoms with Gasteiger partial charge in [-0.25, -0.2) is 14.0 Å². The Bertz CT molecular complexity index is 1820. The molecule has 3 aromatic carbocycles. The molecule has 0 unspecified atom stereocenters. The molecule has 0 aromatic heterocycles. The van der Waals surface area contributed by atoms with E-state index in [1.54, 1.807) is 56.9 Å². The minimum absolute atomic E-state index is 0.0748. The number of carboxylic acids is 1. The number of likely N-dealkylation sites (N-methyl/N-ethyl adjacent to an activating group) is 1. The van der Waals surface area contributed by atoms with Crippen LogP contribution in [0.4, 0.5) is 9.18 Å². The Kier molecular flexibility index (Phi) is 12.4. The molecule has 3 aromatic rings. The van der Waals surface area contributed by atoms with Crippen molar-refractivity contribution in [2.45, 2.75) is 105 Å². The van der Waals surface area contributed by atoms with Crippen LogP contribution >= 0.6 is 0 Å². The second kappa shape index (κ2) is 16.2. The van der Waals surface area contributed by atoms with Crippen LogP contribution < -0.4 is 5.32 Å². The van der Waals surface area contributed by atoms with Crippen molar-refractivity contribution in [3.8, 4) is 0 Å². The number of aromatic carboxylic acids is 1. The summed E-state index contributed by atoms with van der Waals surface area (Å²) in [5.41, 5.74) is 1.60. The Labute approximate surface area is 311 Å². The number of amides is 4. The number of ether oxygens (including phenoxy) is 1. The standard InChI is InChI=1S/C41H51FN4O7/c1-25(28-18-20-32(42)21-19-28)45(23-27-14-16-29(17-15-27)38(50)51)36(48)33-22-30-12-10-11-13-31(30)24-46(33)37(49)34(40(3,4)5)43-35(47)26(2)44(9)39(52)53-41(6,7)8/h10-21,25-26,33-34H,22-24H2,1-9H3,(H,43,47)(H,50,51)/t25-,26+,33+,34-/m1/s1. The first-order chi connectivity index (χ1) is 24.7. The van der Waals surface area contributed by atoms with Gasteiger partial charge in [-0.3, -0.25) is 19.3 Å². The van der Waals surface area contributed by atoms with Gasteiger partial charge >= 0.3 is 12.1 Å². The van der Waals surface area contributed by atoms with E-state index in [1.165, 1.54) is 41.1 Å². The Morgan fingerprint density at radius 3 is 2.04 bits per heavy atom. The SMILES string of the molecule is C[C@H](c1ccc(F)cc1)N(Cc1ccc(C(=O)O)cc1)C(=O)[C@@H]1Cc2ccccc2CN1C(=O)[C@@H](NC(=O)[C@H](C)N(C)C(=O)OC(C)(C)C)C(C)(C)C. The van der Waals surface area contributed by atoms with Crippen LogP contribution in [0.2, 0.25) is 0 Å². The molecule has 1 heterocycles. The third-order valence-electron chi connectivity index (χ3n) is 9.51. The highest BCUT2D eigenvalue weighted by molar-refractivity contribution is 5.95. The van der Waals surface area contributed by atoms with E-state index in [0.29, 0.717) is 11.1 Å². The number of carboxylic acid groups (broad SMARTS) is 1. The van der Waals surface area contributed by atoms with Crippen LogP contribution in [0.25, 0.3) is 0 Å². The van der Waals surface area contributed by atoms with Gasteiger partial charge in [0, 0.05) is 26.6 Å². The molecule has 53 heavy (non-hydrogen) atoms. The van der Waals surface area contributed by atoms with Crippen molar-refractivity contribution in [3.05, 3.63) is 106 Å². The van der Waals surface area contributed by atoms with Crippen LogP contribution in [0.3, 0.4) is 0 Å². The molecular formula is C41H51FN4O7. The third kappa shape index (κ3) is 10.00. The first-order valence-electron chi connectivity index (χ1n) is 17.7. The van der Waals surface area contributed by atoms with E-state index in [9.17, 15) is 33.5 Å². The molecule has 11 nitrogen and oxygen atoms in total. The fourth-order valence-electron chi connectivity index (χ4n) is 6.19. The van der Waals surface area contributed by atoms with Crippen LogP contribution in [-0.2, 0) is 38.6 Å². The Hall–Kier alpha value is -5.26. The lowest BCUT2D eigenvalue weighted by Gasteiger charge is -2.43. The number of nitrogens with zero attached hydrogens (tertiary/aromatic N) is 3. The van der Waals surface area contributed by atoms with E-state index < -0.39 is 64.9 Å². The third-order valence-corrected chi connectivity index (χ3v) is 9.51. The van der Waals surface area contributed by atoms with Gasteiger partial charge in [0.15, 0.2) is 0 Å². The van der Waals surface area contributed by atoms with Gasteiger partial charge in [-0.15, -0.1) is 0 Å². The van der Waals surface area contributed by atoms with Gasteiger partial charge in [0.1, 0.15) is 29.5 Å². The summed E-state index contributed by atoms with van der Waals surface area (Å²) >= 11 is 0. The number of hydrogen-bond acceptors (Lipinski definition) is 6. The normalized spacial score (nSPS) is 16.0. The van der Waals surface area contributed by atoms with Gasteiger partial charge in [0.05, 0.1) is 11.6 Å². The Morgan fingerprint density at radius 1 is 0.906 bits per heavy atom. The van der Waals surface area contributed by atoms with Gasteiger partial charge in [0.2, 0.25) is 17.7 Å². The molecule has 0 saturated heterocycles. The van der Waals surface area contributed by atoms with Gasteiger partial charge in [-0.05, 0) is 86.6 Å². The van der Waals surface area contributed by atoms with E-state index in [2.05, 4.69) is 5.32 Å². The maximum atomic E-state index is 15.0. The number of carbonyl (C=O) groups excluding carboxylic acids is 4. The van der Waals surface area contributed by atoms with Crippen LogP contribution in [0.15, 0.2) is 72.8 Å². The number of hydrogen-bond donors (Lipinski definition) is 2. The van der Waals surface area contributed by atoms with E-state index in [0.717, 1.165) is 11.1 Å². The fraction of sp³-hybridized carbons (Fsp3) is 0.439. The quantitative estimate of drug-likeness (QED) is 0.248. The van der Waals surface area contributed by atoms with Gasteiger partial charge in [-0.2, -0.15) is 0 Å². The monoisotopic (exact) mass is 730 g/mol. The average molecular weight is 731 g/mol. The lowest BCUT2D eigenvalue weighted by Crippen LogP contribution is -2.62. The fourth-order valence-corrected chi connectivity index (χ4v) is 6.19. The van der Waals surface area contributed by atoms with E-state index in [-0.39, 0.29) is 31.0 Å². The van der Waals surface area contributed by atoms with Gasteiger partial charge in [0.25, 0.3) is 0 Å². The summed E-state index contributed by atoms with van der Waals surface area (Å²) in [5, 5.41) is 12.3. The summed E-state index contributed by atoms with van der Waals surface area (Å²) in [6.45, 7) is 14.2. The highest BCUT2D eigenvalue weighted by Crippen LogP contribution is 2.32. The minimum Gasteiger partial charge on any atom is -0.478 e. The summed E-state index contributed by atoms with van der Waals surface area (Å²) < 4.78 is 19.4. The lowest BCUT2D eigenvalue weighted by atomic mass is 9.84. The number of nitrogens with one attached hydrogen (secondary N) is 1. The van der Waals surface area contributed by atoms with E-state index in [1.807, 2.05) is 52.0 Å². The van der Waals surface area contributed by atoms with E-state index in [4.69, 9.17) is 4.74 Å². The largest absolute Gasteiger partial charge is 0.478 e. The number of halogens is 1. The second-order valence-electron chi connectivity index (χ2n) is 15.7. The first-order valence-corrected chi connectivity index (χ1v) is 17.7. The lowest BCUT2D eigenvalue weighted by molar-refractivity contribution is -0.152. The summed E-state index contributed by atoms with van der Waals surface area (Å²) in [5.74, 6) is -2.91. The van der Waals surface area contributed by atoms with Crippen LogP contribution in [0.1, 0.15) is 94.0 Å². The maximum Gasteiger partial charge on any atom is 0.410 e. The van der Waals surface area contributed by atoms with Crippen molar-refractivity contribution in [1.82, 2.24) is 20.0 Å². The van der Waals surface area contributed by atoms with Crippen LogP contribution in [0, 0.1) is 11.2 Å². The van der Waals surface area contributed by atoms with Gasteiger partial charge in [-0.1, -0.05) is 69.3 Å².